The second-order valence-corrected chi connectivity index (χ2v) is 8.53. The fraction of sp³-hybridized carbons (Fsp3) is 0.500. The molecule has 1 fully saturated rings. The van der Waals surface area contributed by atoms with E-state index < -0.39 is 0 Å². The van der Waals surface area contributed by atoms with E-state index in [4.69, 9.17) is 0 Å². The summed E-state index contributed by atoms with van der Waals surface area (Å²) < 4.78 is 0. The molecule has 0 unspecified atom stereocenters. The van der Waals surface area contributed by atoms with Gasteiger partial charge in [0.15, 0.2) is 0 Å². The van der Waals surface area contributed by atoms with Gasteiger partial charge in [-0.2, -0.15) is 0 Å². The highest BCUT2D eigenvalue weighted by Gasteiger charge is 2.21. The van der Waals surface area contributed by atoms with Crippen molar-refractivity contribution in [3.8, 4) is 11.8 Å². The van der Waals surface area contributed by atoms with Crippen LogP contribution in [0.3, 0.4) is 0 Å². The first-order valence-electron chi connectivity index (χ1n) is 11.5. The lowest BCUT2D eigenvalue weighted by molar-refractivity contribution is 0.308. The molecule has 28 heavy (non-hydrogen) atoms. The maximum atomic E-state index is 3.34. The van der Waals surface area contributed by atoms with Crippen molar-refractivity contribution in [1.29, 1.82) is 0 Å². The maximum Gasteiger partial charge on any atom is 0.0249 e. The number of aryl methyl sites for hydroxylation is 1. The van der Waals surface area contributed by atoms with Crippen LogP contribution in [0, 0.1) is 17.8 Å². The summed E-state index contributed by atoms with van der Waals surface area (Å²) in [7, 11) is 0. The molecule has 0 bridgehead atoms. The molecule has 2 aromatic carbocycles. The highest BCUT2D eigenvalue weighted by atomic mass is 14.3. The van der Waals surface area contributed by atoms with Crippen molar-refractivity contribution in [2.45, 2.75) is 84.0 Å². The Kier molecular flexibility index (Phi) is 8.23. The zero-order valence-electron chi connectivity index (χ0n) is 17.8. The normalized spacial score (nSPS) is 19.1. The predicted molar refractivity (Wildman–Crippen MR) is 122 cm³/mol. The van der Waals surface area contributed by atoms with E-state index in [-0.39, 0.29) is 0 Å². The summed E-state index contributed by atoms with van der Waals surface area (Å²) in [6.07, 6.45) is 13.4. The fourth-order valence-electron chi connectivity index (χ4n) is 4.51. The largest absolute Gasteiger partial charge is 0.0654 e. The van der Waals surface area contributed by atoms with Gasteiger partial charge in [-0.15, -0.1) is 0 Å². The van der Waals surface area contributed by atoms with E-state index >= 15 is 0 Å². The van der Waals surface area contributed by atoms with Gasteiger partial charge in [-0.25, -0.2) is 0 Å². The Hall–Kier alpha value is -2.00. The van der Waals surface area contributed by atoms with E-state index in [0.717, 1.165) is 23.0 Å². The molecule has 0 heteroatoms. The van der Waals surface area contributed by atoms with E-state index in [0.29, 0.717) is 0 Å². The maximum absolute atomic E-state index is 3.34. The first-order chi connectivity index (χ1) is 13.8. The van der Waals surface area contributed by atoms with Crippen LogP contribution in [0.4, 0.5) is 0 Å². The molecular formula is C28H36. The third kappa shape index (κ3) is 6.27. The second kappa shape index (κ2) is 11.1. The molecule has 0 aromatic heterocycles. The van der Waals surface area contributed by atoms with Gasteiger partial charge in [-0.05, 0) is 85.8 Å². The van der Waals surface area contributed by atoms with Crippen LogP contribution in [0.25, 0.3) is 0 Å². The van der Waals surface area contributed by atoms with Crippen LogP contribution < -0.4 is 0 Å². The molecular weight excluding hydrogens is 336 g/mol. The number of rotatable bonds is 7. The number of unbranched alkanes of at least 4 members (excludes halogenated alkanes) is 2. The molecule has 1 aliphatic rings. The number of hydrogen-bond acceptors (Lipinski definition) is 0. The molecule has 0 amide bonds. The van der Waals surface area contributed by atoms with E-state index in [2.05, 4.69) is 74.2 Å². The first kappa shape index (κ1) is 20.7. The summed E-state index contributed by atoms with van der Waals surface area (Å²) in [6, 6.07) is 17.8. The summed E-state index contributed by atoms with van der Waals surface area (Å²) in [5.74, 6) is 8.40. The van der Waals surface area contributed by atoms with Gasteiger partial charge in [0, 0.05) is 11.1 Å². The number of benzene rings is 2. The fourth-order valence-corrected chi connectivity index (χ4v) is 4.51. The molecule has 2 aromatic rings. The van der Waals surface area contributed by atoms with Gasteiger partial charge in [-0.1, -0.05) is 75.6 Å². The lowest BCUT2D eigenvalue weighted by atomic mass is 9.77. The van der Waals surface area contributed by atoms with Gasteiger partial charge in [0.25, 0.3) is 0 Å². The first-order valence-corrected chi connectivity index (χ1v) is 11.5. The van der Waals surface area contributed by atoms with Crippen LogP contribution in [-0.4, -0.2) is 0 Å². The van der Waals surface area contributed by atoms with Crippen molar-refractivity contribution in [2.24, 2.45) is 5.92 Å². The SMILES string of the molecule is CCCCCc1ccc(C#Cc2ccc(C3CCC(CCC)CC3)cc2)cc1. The van der Waals surface area contributed by atoms with Crippen LogP contribution in [0.15, 0.2) is 48.5 Å². The Labute approximate surface area is 172 Å². The highest BCUT2D eigenvalue weighted by molar-refractivity contribution is 5.44. The summed E-state index contributed by atoms with van der Waals surface area (Å²) in [4.78, 5) is 0. The van der Waals surface area contributed by atoms with Crippen molar-refractivity contribution in [3.63, 3.8) is 0 Å². The Bertz CT molecular complexity index is 746. The Morgan fingerprint density at radius 2 is 1.32 bits per heavy atom. The number of hydrogen-bond donors (Lipinski definition) is 0. The molecule has 0 radical (unpaired) electrons. The molecule has 0 nitrogen and oxygen atoms in total. The van der Waals surface area contributed by atoms with Gasteiger partial charge >= 0.3 is 0 Å². The van der Waals surface area contributed by atoms with Gasteiger partial charge in [0.05, 0.1) is 0 Å². The molecule has 1 aliphatic carbocycles. The zero-order valence-corrected chi connectivity index (χ0v) is 17.8. The summed E-state index contributed by atoms with van der Waals surface area (Å²) in [6.45, 7) is 4.57. The topological polar surface area (TPSA) is 0 Å². The lowest BCUT2D eigenvalue weighted by Gasteiger charge is -2.28. The molecule has 0 spiro atoms. The Balaban J connectivity index is 1.53. The van der Waals surface area contributed by atoms with Crippen LogP contribution in [0.1, 0.15) is 99.8 Å². The van der Waals surface area contributed by atoms with Crippen molar-refractivity contribution in [2.75, 3.05) is 0 Å². The summed E-state index contributed by atoms with van der Waals surface area (Å²) in [5, 5.41) is 0. The van der Waals surface area contributed by atoms with Gasteiger partial charge in [0.2, 0.25) is 0 Å². The molecule has 1 saturated carbocycles. The zero-order chi connectivity index (χ0) is 19.6. The van der Waals surface area contributed by atoms with Crippen molar-refractivity contribution in [3.05, 3.63) is 70.8 Å². The van der Waals surface area contributed by atoms with Gasteiger partial charge < -0.3 is 0 Å². The minimum atomic E-state index is 0.760. The monoisotopic (exact) mass is 372 g/mol. The Morgan fingerprint density at radius 3 is 1.89 bits per heavy atom. The molecule has 0 atom stereocenters. The van der Waals surface area contributed by atoms with Crippen molar-refractivity contribution in [1.82, 2.24) is 0 Å². The third-order valence-electron chi connectivity index (χ3n) is 6.30. The van der Waals surface area contributed by atoms with Crippen LogP contribution in [-0.2, 0) is 6.42 Å². The summed E-state index contributed by atoms with van der Waals surface area (Å²) >= 11 is 0. The van der Waals surface area contributed by atoms with Crippen molar-refractivity contribution >= 4 is 0 Å². The quantitative estimate of drug-likeness (QED) is 0.342. The standard InChI is InChI=1S/C28H36/c1-3-5-6-8-24-9-11-25(12-10-24)13-14-26-17-21-28(22-18-26)27-19-15-23(7-4-2)16-20-27/h9-12,17-18,21-23,27H,3-8,15-16,19-20H2,1-2H3. The van der Waals surface area contributed by atoms with Crippen LogP contribution in [0.5, 0.6) is 0 Å². The second-order valence-electron chi connectivity index (χ2n) is 8.53. The van der Waals surface area contributed by atoms with Crippen molar-refractivity contribution < 1.29 is 0 Å². The third-order valence-corrected chi connectivity index (χ3v) is 6.30. The molecule has 0 aliphatic heterocycles. The molecule has 148 valence electrons. The Morgan fingerprint density at radius 1 is 0.714 bits per heavy atom. The van der Waals surface area contributed by atoms with E-state index in [1.54, 1.807) is 0 Å². The average Bonchev–Trinajstić information content (AvgIpc) is 2.75. The van der Waals surface area contributed by atoms with E-state index in [9.17, 15) is 0 Å². The smallest absolute Gasteiger partial charge is 0.0249 e. The molecule has 0 N–H and O–H groups in total. The average molecular weight is 373 g/mol. The summed E-state index contributed by atoms with van der Waals surface area (Å²) in [5.41, 5.74) is 5.17. The molecule has 0 saturated heterocycles. The van der Waals surface area contributed by atoms with Crippen LogP contribution >= 0.6 is 0 Å². The lowest BCUT2D eigenvalue weighted by Crippen LogP contribution is -2.13. The van der Waals surface area contributed by atoms with Gasteiger partial charge in [0.1, 0.15) is 0 Å². The van der Waals surface area contributed by atoms with Crippen LogP contribution in [0.2, 0.25) is 0 Å². The minimum Gasteiger partial charge on any atom is -0.0654 e. The minimum absolute atomic E-state index is 0.760. The van der Waals surface area contributed by atoms with E-state index in [1.807, 2.05) is 0 Å². The van der Waals surface area contributed by atoms with E-state index in [1.165, 1.54) is 75.3 Å². The highest BCUT2D eigenvalue weighted by Crippen LogP contribution is 2.37. The predicted octanol–water partition coefficient (Wildman–Crippen LogP) is 7.89. The molecule has 0 heterocycles. The molecule has 3 rings (SSSR count). The van der Waals surface area contributed by atoms with Gasteiger partial charge in [-0.3, -0.25) is 0 Å².